The van der Waals surface area contributed by atoms with Crippen LogP contribution in [0, 0.1) is 0 Å². The Balaban J connectivity index is 2.78. The summed E-state index contributed by atoms with van der Waals surface area (Å²) >= 11 is 0. The molecule has 0 spiro atoms. The lowest BCUT2D eigenvalue weighted by Gasteiger charge is -2.23. The van der Waals surface area contributed by atoms with Gasteiger partial charge in [0.25, 0.3) is 0 Å². The Bertz CT molecular complexity index is 371. The molecule has 0 saturated heterocycles. The predicted octanol–water partition coefficient (Wildman–Crippen LogP) is 3.59. The number of benzene rings is 1. The van der Waals surface area contributed by atoms with Crippen LogP contribution in [0.2, 0.25) is 0 Å². The largest absolute Gasteiger partial charge is 0.496 e. The molecule has 1 aromatic carbocycles. The Hall–Kier alpha value is -1.06. The van der Waals surface area contributed by atoms with Crippen molar-refractivity contribution in [2.75, 3.05) is 20.2 Å². The molecule has 0 unspecified atom stereocenters. The van der Waals surface area contributed by atoms with E-state index in [0.717, 1.165) is 30.9 Å². The van der Waals surface area contributed by atoms with Crippen molar-refractivity contribution in [1.82, 2.24) is 4.90 Å². The summed E-state index contributed by atoms with van der Waals surface area (Å²) in [5, 5.41) is 9.29. The molecular weight excluding hydrogens is 250 g/mol. The predicted molar refractivity (Wildman–Crippen MR) is 84.0 cm³/mol. The lowest BCUT2D eigenvalue weighted by molar-refractivity contribution is 0.252. The van der Waals surface area contributed by atoms with Gasteiger partial charge in [-0.05, 0) is 43.6 Å². The Morgan fingerprint density at radius 3 is 2.25 bits per heavy atom. The van der Waals surface area contributed by atoms with Gasteiger partial charge in [-0.1, -0.05) is 32.8 Å². The molecule has 1 N–H and O–H groups in total. The first-order chi connectivity index (χ1) is 9.74. The Labute approximate surface area is 123 Å². The number of hydrogen-bond acceptors (Lipinski definition) is 3. The van der Waals surface area contributed by atoms with Crippen molar-refractivity contribution in [3.8, 4) is 5.75 Å². The zero-order valence-electron chi connectivity index (χ0n) is 13.2. The number of aliphatic hydroxyl groups excluding tert-OH is 1. The molecule has 1 aromatic rings. The fraction of sp³-hybridized carbons (Fsp3) is 0.647. The fourth-order valence-corrected chi connectivity index (χ4v) is 2.33. The molecule has 0 aliphatic carbocycles. The van der Waals surface area contributed by atoms with Gasteiger partial charge in [-0.25, -0.2) is 0 Å². The van der Waals surface area contributed by atoms with Gasteiger partial charge < -0.3 is 9.84 Å². The molecule has 0 heterocycles. The van der Waals surface area contributed by atoms with Gasteiger partial charge in [0.2, 0.25) is 0 Å². The van der Waals surface area contributed by atoms with Gasteiger partial charge in [0.15, 0.2) is 0 Å². The summed E-state index contributed by atoms with van der Waals surface area (Å²) in [4.78, 5) is 2.49. The molecule has 0 amide bonds. The average Bonchev–Trinajstić information content (AvgIpc) is 2.49. The molecule has 20 heavy (non-hydrogen) atoms. The van der Waals surface area contributed by atoms with Crippen molar-refractivity contribution in [1.29, 1.82) is 0 Å². The number of nitrogens with zero attached hydrogens (tertiary/aromatic N) is 1. The fourth-order valence-electron chi connectivity index (χ4n) is 2.33. The highest BCUT2D eigenvalue weighted by molar-refractivity contribution is 5.37. The summed E-state index contributed by atoms with van der Waals surface area (Å²) in [6.07, 6.45) is 4.89. The maximum atomic E-state index is 9.29. The lowest BCUT2D eigenvalue weighted by atomic mass is 10.1. The van der Waals surface area contributed by atoms with Crippen molar-refractivity contribution in [2.45, 2.75) is 52.7 Å². The van der Waals surface area contributed by atoms with Gasteiger partial charge in [-0.3, -0.25) is 4.90 Å². The number of rotatable bonds is 10. The van der Waals surface area contributed by atoms with E-state index in [1.807, 2.05) is 12.1 Å². The van der Waals surface area contributed by atoms with E-state index in [0.29, 0.717) is 0 Å². The van der Waals surface area contributed by atoms with E-state index in [4.69, 9.17) is 4.74 Å². The lowest BCUT2D eigenvalue weighted by Crippen LogP contribution is -2.25. The highest BCUT2D eigenvalue weighted by atomic mass is 16.5. The third kappa shape index (κ3) is 5.51. The summed E-state index contributed by atoms with van der Waals surface area (Å²) in [5.74, 6) is 0.917. The zero-order valence-corrected chi connectivity index (χ0v) is 13.2. The number of methoxy groups -OCH3 is 1. The summed E-state index contributed by atoms with van der Waals surface area (Å²) in [6.45, 7) is 7.69. The van der Waals surface area contributed by atoms with Crippen molar-refractivity contribution >= 4 is 0 Å². The molecule has 0 atom stereocenters. The minimum absolute atomic E-state index is 0.0842. The van der Waals surface area contributed by atoms with E-state index in [1.165, 1.54) is 31.2 Å². The van der Waals surface area contributed by atoms with Gasteiger partial charge in [0.1, 0.15) is 5.75 Å². The summed E-state index contributed by atoms with van der Waals surface area (Å²) < 4.78 is 5.45. The molecule has 0 radical (unpaired) electrons. The normalized spacial score (nSPS) is 11.1. The van der Waals surface area contributed by atoms with Crippen molar-refractivity contribution in [3.63, 3.8) is 0 Å². The second kappa shape index (κ2) is 9.78. The van der Waals surface area contributed by atoms with Crippen LogP contribution in [-0.2, 0) is 13.2 Å². The maximum Gasteiger partial charge on any atom is 0.123 e. The molecular formula is C17H29NO2. The molecule has 0 aliphatic heterocycles. The van der Waals surface area contributed by atoms with Crippen LogP contribution in [-0.4, -0.2) is 30.2 Å². The van der Waals surface area contributed by atoms with Crippen LogP contribution in [0.15, 0.2) is 18.2 Å². The third-order valence-corrected chi connectivity index (χ3v) is 3.58. The molecule has 0 saturated carbocycles. The van der Waals surface area contributed by atoms with Gasteiger partial charge >= 0.3 is 0 Å². The third-order valence-electron chi connectivity index (χ3n) is 3.58. The standard InChI is InChI=1S/C17H29NO2/c1-4-6-10-18(11-7-5-2)13-16-12-15(14-19)8-9-17(16)20-3/h8-9,12,19H,4-7,10-11,13-14H2,1-3H3. The van der Waals surface area contributed by atoms with E-state index in [2.05, 4.69) is 24.8 Å². The second-order valence-electron chi connectivity index (χ2n) is 5.29. The molecule has 3 nitrogen and oxygen atoms in total. The monoisotopic (exact) mass is 279 g/mol. The Morgan fingerprint density at radius 2 is 1.75 bits per heavy atom. The van der Waals surface area contributed by atoms with Crippen molar-refractivity contribution in [3.05, 3.63) is 29.3 Å². The van der Waals surface area contributed by atoms with Crippen LogP contribution in [0.25, 0.3) is 0 Å². The van der Waals surface area contributed by atoms with Gasteiger partial charge in [0.05, 0.1) is 13.7 Å². The summed E-state index contributed by atoms with van der Waals surface area (Å²) in [6, 6.07) is 5.94. The first kappa shape index (κ1) is 17.0. The van der Waals surface area contributed by atoms with Crippen LogP contribution in [0.1, 0.15) is 50.7 Å². The number of ether oxygens (including phenoxy) is 1. The van der Waals surface area contributed by atoms with Gasteiger partial charge in [-0.2, -0.15) is 0 Å². The Kier molecular flexibility index (Phi) is 8.31. The maximum absolute atomic E-state index is 9.29. The Morgan fingerprint density at radius 1 is 1.10 bits per heavy atom. The van der Waals surface area contributed by atoms with Gasteiger partial charge in [-0.15, -0.1) is 0 Å². The molecule has 0 bridgehead atoms. The van der Waals surface area contributed by atoms with E-state index >= 15 is 0 Å². The molecule has 1 rings (SSSR count). The van der Waals surface area contributed by atoms with Crippen LogP contribution in [0.5, 0.6) is 5.75 Å². The summed E-state index contributed by atoms with van der Waals surface area (Å²) in [7, 11) is 1.71. The number of hydrogen-bond donors (Lipinski definition) is 1. The molecule has 0 aromatic heterocycles. The molecule has 0 aliphatic rings. The highest BCUT2D eigenvalue weighted by Gasteiger charge is 2.10. The van der Waals surface area contributed by atoms with Crippen LogP contribution in [0.3, 0.4) is 0 Å². The minimum atomic E-state index is 0.0842. The van der Waals surface area contributed by atoms with Crippen LogP contribution < -0.4 is 4.74 Å². The van der Waals surface area contributed by atoms with E-state index in [9.17, 15) is 5.11 Å². The van der Waals surface area contributed by atoms with Crippen molar-refractivity contribution in [2.24, 2.45) is 0 Å². The molecule has 114 valence electrons. The van der Waals surface area contributed by atoms with E-state index in [1.54, 1.807) is 7.11 Å². The SMILES string of the molecule is CCCCN(CCCC)Cc1cc(CO)ccc1OC. The van der Waals surface area contributed by atoms with E-state index in [-0.39, 0.29) is 6.61 Å². The number of unbranched alkanes of at least 4 members (excludes halogenated alkanes) is 2. The van der Waals surface area contributed by atoms with Crippen LogP contribution in [0.4, 0.5) is 0 Å². The van der Waals surface area contributed by atoms with Gasteiger partial charge in [0, 0.05) is 12.1 Å². The zero-order chi connectivity index (χ0) is 14.8. The first-order valence-electron chi connectivity index (χ1n) is 7.74. The molecule has 3 heteroatoms. The molecule has 0 fully saturated rings. The quantitative estimate of drug-likeness (QED) is 0.710. The topological polar surface area (TPSA) is 32.7 Å². The smallest absolute Gasteiger partial charge is 0.123 e. The number of aliphatic hydroxyl groups is 1. The first-order valence-corrected chi connectivity index (χ1v) is 7.74. The highest BCUT2D eigenvalue weighted by Crippen LogP contribution is 2.22. The average molecular weight is 279 g/mol. The minimum Gasteiger partial charge on any atom is -0.496 e. The van der Waals surface area contributed by atoms with E-state index < -0.39 is 0 Å². The van der Waals surface area contributed by atoms with Crippen LogP contribution >= 0.6 is 0 Å². The van der Waals surface area contributed by atoms with Crippen molar-refractivity contribution < 1.29 is 9.84 Å². The summed E-state index contributed by atoms with van der Waals surface area (Å²) in [5.41, 5.74) is 2.12. The second-order valence-corrected chi connectivity index (χ2v) is 5.29.